The van der Waals surface area contributed by atoms with Crippen LogP contribution in [0.2, 0.25) is 0 Å². The number of benzene rings is 1. The van der Waals surface area contributed by atoms with Crippen molar-refractivity contribution in [2.75, 3.05) is 13.2 Å². The van der Waals surface area contributed by atoms with Gasteiger partial charge in [0.05, 0.1) is 13.2 Å². The summed E-state index contributed by atoms with van der Waals surface area (Å²) < 4.78 is 12.6. The van der Waals surface area contributed by atoms with Crippen LogP contribution < -0.4 is 4.74 Å². The van der Waals surface area contributed by atoms with E-state index in [1.165, 1.54) is 11.1 Å². The quantitative estimate of drug-likeness (QED) is 0.749. The maximum atomic E-state index is 6.13. The Hall–Kier alpha value is -0.0600. The molecule has 0 atom stereocenters. The van der Waals surface area contributed by atoms with E-state index >= 15 is 0 Å². The number of hydrogen-bond acceptors (Lipinski definition) is 2. The molecular formula is C13H16Br2O2. The molecule has 2 rings (SSSR count). The second-order valence-electron chi connectivity index (χ2n) is 4.27. The second kappa shape index (κ2) is 6.21. The third kappa shape index (κ3) is 3.46. The van der Waals surface area contributed by atoms with Crippen LogP contribution >= 0.6 is 31.9 Å². The summed E-state index contributed by atoms with van der Waals surface area (Å²) in [4.78, 5) is 0. The average Bonchev–Trinajstić information content (AvgIpc) is 2.33. The first-order chi connectivity index (χ1) is 8.20. The van der Waals surface area contributed by atoms with E-state index in [0.29, 0.717) is 6.10 Å². The van der Waals surface area contributed by atoms with Crippen LogP contribution in [0.3, 0.4) is 0 Å². The van der Waals surface area contributed by atoms with Gasteiger partial charge in [0.15, 0.2) is 0 Å². The van der Waals surface area contributed by atoms with Gasteiger partial charge in [0.2, 0.25) is 0 Å². The lowest BCUT2D eigenvalue weighted by Gasteiger charge is -2.25. The molecule has 1 fully saturated rings. The number of hydrogen-bond donors (Lipinski definition) is 0. The van der Waals surface area contributed by atoms with Crippen molar-refractivity contribution in [3.8, 4) is 5.75 Å². The Kier molecular flexibility index (Phi) is 4.88. The molecule has 1 aromatic carbocycles. The zero-order valence-corrected chi connectivity index (χ0v) is 13.0. The summed E-state index contributed by atoms with van der Waals surface area (Å²) in [6, 6.07) is 4.21. The maximum absolute atomic E-state index is 6.13. The van der Waals surface area contributed by atoms with Crippen LogP contribution in [0.4, 0.5) is 0 Å². The summed E-state index contributed by atoms with van der Waals surface area (Å²) in [5.41, 5.74) is 2.38. The largest absolute Gasteiger partial charge is 0.490 e. The highest BCUT2D eigenvalue weighted by atomic mass is 79.9. The fraction of sp³-hybridized carbons (Fsp3) is 0.538. The molecule has 1 heterocycles. The van der Waals surface area contributed by atoms with Crippen LogP contribution in [-0.4, -0.2) is 19.3 Å². The first-order valence-electron chi connectivity index (χ1n) is 5.80. The van der Waals surface area contributed by atoms with E-state index < -0.39 is 0 Å². The van der Waals surface area contributed by atoms with Gasteiger partial charge in [-0.3, -0.25) is 0 Å². The molecule has 0 amide bonds. The predicted molar refractivity (Wildman–Crippen MR) is 76.0 cm³/mol. The molecule has 0 aromatic heterocycles. The highest BCUT2D eigenvalue weighted by Gasteiger charge is 2.18. The maximum Gasteiger partial charge on any atom is 0.126 e. The van der Waals surface area contributed by atoms with Gasteiger partial charge >= 0.3 is 0 Å². The molecule has 17 heavy (non-hydrogen) atoms. The molecule has 4 heteroatoms. The van der Waals surface area contributed by atoms with E-state index in [2.05, 4.69) is 50.9 Å². The van der Waals surface area contributed by atoms with Crippen LogP contribution in [0.25, 0.3) is 0 Å². The molecule has 2 nitrogen and oxygen atoms in total. The molecule has 0 aliphatic carbocycles. The lowest BCUT2D eigenvalue weighted by atomic mass is 10.1. The molecule has 0 spiro atoms. The molecule has 1 aliphatic heterocycles. The number of alkyl halides is 1. The van der Waals surface area contributed by atoms with Gasteiger partial charge in [-0.1, -0.05) is 31.9 Å². The molecule has 0 bridgehead atoms. The summed E-state index contributed by atoms with van der Waals surface area (Å²) in [6.45, 7) is 3.71. The van der Waals surface area contributed by atoms with Crippen molar-refractivity contribution in [3.63, 3.8) is 0 Å². The fourth-order valence-electron chi connectivity index (χ4n) is 2.03. The predicted octanol–water partition coefficient (Wildman–Crippen LogP) is 4.21. The summed E-state index contributed by atoms with van der Waals surface area (Å²) in [5.74, 6) is 1.02. The Morgan fingerprint density at radius 3 is 2.71 bits per heavy atom. The minimum atomic E-state index is 0.293. The Morgan fingerprint density at radius 1 is 1.35 bits per heavy atom. The van der Waals surface area contributed by atoms with Gasteiger partial charge in [0, 0.05) is 28.2 Å². The van der Waals surface area contributed by atoms with Crippen LogP contribution in [0.15, 0.2) is 16.6 Å². The van der Waals surface area contributed by atoms with Crippen molar-refractivity contribution in [2.24, 2.45) is 0 Å². The average molecular weight is 364 g/mol. The van der Waals surface area contributed by atoms with Crippen LogP contribution in [-0.2, 0) is 10.1 Å². The third-order valence-corrected chi connectivity index (χ3v) is 3.98. The zero-order valence-electron chi connectivity index (χ0n) is 9.84. The first-order valence-corrected chi connectivity index (χ1v) is 7.71. The Bertz CT molecular complexity index is 387. The van der Waals surface area contributed by atoms with E-state index in [1.54, 1.807) is 0 Å². The highest BCUT2D eigenvalue weighted by Crippen LogP contribution is 2.31. The molecule has 0 N–H and O–H groups in total. The summed E-state index contributed by atoms with van der Waals surface area (Å²) >= 11 is 7.03. The number of ether oxygens (including phenoxy) is 2. The topological polar surface area (TPSA) is 18.5 Å². The van der Waals surface area contributed by atoms with E-state index in [1.807, 2.05) is 0 Å². The first kappa shape index (κ1) is 13.4. The van der Waals surface area contributed by atoms with Gasteiger partial charge in [-0.2, -0.15) is 0 Å². The normalized spacial score (nSPS) is 17.1. The highest BCUT2D eigenvalue weighted by molar-refractivity contribution is 9.10. The summed E-state index contributed by atoms with van der Waals surface area (Å²) in [7, 11) is 0. The van der Waals surface area contributed by atoms with Crippen LogP contribution in [0, 0.1) is 6.92 Å². The third-order valence-electron chi connectivity index (χ3n) is 2.91. The second-order valence-corrected chi connectivity index (χ2v) is 5.75. The van der Waals surface area contributed by atoms with Gasteiger partial charge < -0.3 is 9.47 Å². The molecule has 0 saturated carbocycles. The van der Waals surface area contributed by atoms with Gasteiger partial charge in [-0.05, 0) is 24.6 Å². The minimum absolute atomic E-state index is 0.293. The number of halogens is 2. The van der Waals surface area contributed by atoms with Gasteiger partial charge in [-0.25, -0.2) is 0 Å². The smallest absolute Gasteiger partial charge is 0.126 e. The zero-order chi connectivity index (χ0) is 12.3. The number of aryl methyl sites for hydroxylation is 1. The molecule has 0 unspecified atom stereocenters. The van der Waals surface area contributed by atoms with Crippen LogP contribution in [0.5, 0.6) is 5.75 Å². The molecule has 1 aromatic rings. The van der Waals surface area contributed by atoms with E-state index in [9.17, 15) is 0 Å². The lowest BCUT2D eigenvalue weighted by molar-refractivity contribution is 0.0250. The minimum Gasteiger partial charge on any atom is -0.490 e. The Labute approximate surface area is 119 Å². The van der Waals surface area contributed by atoms with Crippen molar-refractivity contribution in [3.05, 3.63) is 27.7 Å². The van der Waals surface area contributed by atoms with Crippen molar-refractivity contribution >= 4 is 31.9 Å². The molecule has 94 valence electrons. The fourth-order valence-corrected chi connectivity index (χ4v) is 3.06. The monoisotopic (exact) mass is 362 g/mol. The Balaban J connectivity index is 2.18. The van der Waals surface area contributed by atoms with Crippen LogP contribution in [0.1, 0.15) is 24.0 Å². The molecule has 1 aliphatic rings. The summed E-state index contributed by atoms with van der Waals surface area (Å²) in [6.07, 6.45) is 2.26. The SMILES string of the molecule is Cc1cc(Br)cc(CBr)c1OC1CCOCC1. The summed E-state index contributed by atoms with van der Waals surface area (Å²) in [5, 5.41) is 0.811. The van der Waals surface area contributed by atoms with E-state index in [-0.39, 0.29) is 0 Å². The van der Waals surface area contributed by atoms with E-state index in [0.717, 1.165) is 41.6 Å². The van der Waals surface area contributed by atoms with Gasteiger partial charge in [0.1, 0.15) is 11.9 Å². The van der Waals surface area contributed by atoms with Crippen molar-refractivity contribution in [1.82, 2.24) is 0 Å². The molecule has 0 radical (unpaired) electrons. The molecular weight excluding hydrogens is 348 g/mol. The number of rotatable bonds is 3. The Morgan fingerprint density at radius 2 is 2.06 bits per heavy atom. The van der Waals surface area contributed by atoms with Crippen molar-refractivity contribution < 1.29 is 9.47 Å². The van der Waals surface area contributed by atoms with Gasteiger partial charge in [0.25, 0.3) is 0 Å². The lowest BCUT2D eigenvalue weighted by Crippen LogP contribution is -2.26. The van der Waals surface area contributed by atoms with Crippen molar-refractivity contribution in [1.29, 1.82) is 0 Å². The van der Waals surface area contributed by atoms with E-state index in [4.69, 9.17) is 9.47 Å². The van der Waals surface area contributed by atoms with Crippen molar-refractivity contribution in [2.45, 2.75) is 31.2 Å². The van der Waals surface area contributed by atoms with Gasteiger partial charge in [-0.15, -0.1) is 0 Å². The standard InChI is InChI=1S/C13H16Br2O2/c1-9-6-11(15)7-10(8-14)13(9)17-12-2-4-16-5-3-12/h6-7,12H,2-5,8H2,1H3. The molecule has 1 saturated heterocycles.